The van der Waals surface area contributed by atoms with Gasteiger partial charge in [0, 0.05) is 23.9 Å². The van der Waals surface area contributed by atoms with Crippen molar-refractivity contribution in [1.82, 2.24) is 0 Å². The molecule has 2 atom stereocenters. The minimum Gasteiger partial charge on any atom is -0.351 e. The molecule has 0 saturated carbocycles. The summed E-state index contributed by atoms with van der Waals surface area (Å²) in [6.07, 6.45) is 1.32. The smallest absolute Gasteiger partial charge is 0.164 e. The van der Waals surface area contributed by atoms with Gasteiger partial charge in [0.15, 0.2) is 12.6 Å². The maximum Gasteiger partial charge on any atom is 0.164 e. The Hall–Kier alpha value is -0.240. The summed E-state index contributed by atoms with van der Waals surface area (Å²) in [5.41, 5.74) is 11.3. The third-order valence-corrected chi connectivity index (χ3v) is 5.85. The van der Waals surface area contributed by atoms with E-state index < -0.39 is 0 Å². The van der Waals surface area contributed by atoms with Gasteiger partial charge in [-0.2, -0.15) is 0 Å². The highest BCUT2D eigenvalue weighted by molar-refractivity contribution is 4.90. The SMILES string of the molecule is CCC(C)(CN)C1OCC2(CO1)COC(C(C)(CC)CN)OC2. The van der Waals surface area contributed by atoms with Crippen LogP contribution in [0.5, 0.6) is 0 Å². The second kappa shape index (κ2) is 7.33. The lowest BCUT2D eigenvalue weighted by Gasteiger charge is -2.49. The topological polar surface area (TPSA) is 89.0 Å². The zero-order valence-corrected chi connectivity index (χ0v) is 15.1. The maximum absolute atomic E-state index is 6.00. The largest absolute Gasteiger partial charge is 0.351 e. The molecule has 0 amide bonds. The first-order valence-corrected chi connectivity index (χ1v) is 8.73. The van der Waals surface area contributed by atoms with E-state index in [-0.39, 0.29) is 28.8 Å². The lowest BCUT2D eigenvalue weighted by Crippen LogP contribution is -2.58. The second-order valence-corrected chi connectivity index (χ2v) is 7.83. The molecule has 23 heavy (non-hydrogen) atoms. The van der Waals surface area contributed by atoms with E-state index in [1.54, 1.807) is 0 Å². The molecule has 0 radical (unpaired) electrons. The standard InChI is InChI=1S/C17H34N2O4/c1-5-15(3,7-18)13-20-9-17(10-21-13)11-22-14(23-12-17)16(4,6-2)8-19/h13-14H,5-12,18-19H2,1-4H3. The van der Waals surface area contributed by atoms with Crippen molar-refractivity contribution in [2.75, 3.05) is 39.5 Å². The van der Waals surface area contributed by atoms with Crippen LogP contribution in [0.3, 0.4) is 0 Å². The molecule has 6 heteroatoms. The third-order valence-electron chi connectivity index (χ3n) is 5.85. The zero-order chi connectivity index (χ0) is 17.1. The van der Waals surface area contributed by atoms with Crippen molar-refractivity contribution >= 4 is 0 Å². The summed E-state index contributed by atoms with van der Waals surface area (Å²) in [4.78, 5) is 0. The van der Waals surface area contributed by atoms with Gasteiger partial charge in [0.25, 0.3) is 0 Å². The van der Waals surface area contributed by atoms with E-state index in [2.05, 4.69) is 27.7 Å². The van der Waals surface area contributed by atoms with Crippen LogP contribution in [-0.4, -0.2) is 52.1 Å². The number of rotatable bonds is 6. The van der Waals surface area contributed by atoms with Crippen molar-refractivity contribution in [3.8, 4) is 0 Å². The van der Waals surface area contributed by atoms with Crippen molar-refractivity contribution in [1.29, 1.82) is 0 Å². The Morgan fingerprint density at radius 2 is 1.09 bits per heavy atom. The van der Waals surface area contributed by atoms with Gasteiger partial charge >= 0.3 is 0 Å². The van der Waals surface area contributed by atoms with E-state index in [1.165, 1.54) is 0 Å². The fraction of sp³-hybridized carbons (Fsp3) is 1.00. The highest BCUT2D eigenvalue weighted by Crippen LogP contribution is 2.39. The highest BCUT2D eigenvalue weighted by atomic mass is 16.7. The first kappa shape index (κ1) is 19.1. The molecule has 0 aromatic heterocycles. The minimum atomic E-state index is -0.259. The molecule has 6 nitrogen and oxygen atoms in total. The number of hydrogen-bond acceptors (Lipinski definition) is 6. The zero-order valence-electron chi connectivity index (χ0n) is 15.1. The second-order valence-electron chi connectivity index (χ2n) is 7.83. The van der Waals surface area contributed by atoms with Crippen LogP contribution in [0.15, 0.2) is 0 Å². The fourth-order valence-corrected chi connectivity index (χ4v) is 2.98. The number of hydrogen-bond donors (Lipinski definition) is 2. The summed E-state index contributed by atoms with van der Waals surface area (Å²) in [6, 6.07) is 0. The maximum atomic E-state index is 6.00. The molecule has 2 aliphatic rings. The fourth-order valence-electron chi connectivity index (χ4n) is 2.98. The van der Waals surface area contributed by atoms with Gasteiger partial charge in [0.1, 0.15) is 0 Å². The Balaban J connectivity index is 1.91. The van der Waals surface area contributed by atoms with Gasteiger partial charge in [-0.15, -0.1) is 0 Å². The van der Waals surface area contributed by atoms with Gasteiger partial charge in [-0.1, -0.05) is 27.7 Å². The van der Waals surface area contributed by atoms with Gasteiger partial charge in [-0.3, -0.25) is 0 Å². The first-order valence-electron chi connectivity index (χ1n) is 8.73. The van der Waals surface area contributed by atoms with Gasteiger partial charge in [0.05, 0.1) is 31.8 Å². The summed E-state index contributed by atoms with van der Waals surface area (Å²) in [5, 5.41) is 0. The quantitative estimate of drug-likeness (QED) is 0.766. The summed E-state index contributed by atoms with van der Waals surface area (Å²) in [7, 11) is 0. The third kappa shape index (κ3) is 3.72. The van der Waals surface area contributed by atoms with Crippen molar-refractivity contribution in [2.45, 2.75) is 53.1 Å². The van der Waals surface area contributed by atoms with E-state index in [4.69, 9.17) is 30.4 Å². The first-order chi connectivity index (χ1) is 10.9. The van der Waals surface area contributed by atoms with Crippen molar-refractivity contribution in [3.63, 3.8) is 0 Å². The molecule has 2 unspecified atom stereocenters. The normalized spacial score (nSPS) is 37.3. The molecule has 2 aliphatic heterocycles. The highest BCUT2D eigenvalue weighted by Gasteiger charge is 2.48. The Morgan fingerprint density at radius 3 is 1.30 bits per heavy atom. The van der Waals surface area contributed by atoms with E-state index in [1.807, 2.05) is 0 Å². The number of ether oxygens (including phenoxy) is 4. The average molecular weight is 330 g/mol. The minimum absolute atomic E-state index is 0.152. The van der Waals surface area contributed by atoms with Crippen LogP contribution in [0.25, 0.3) is 0 Å². The Kier molecular flexibility index (Phi) is 6.09. The van der Waals surface area contributed by atoms with Crippen LogP contribution in [0.1, 0.15) is 40.5 Å². The molecule has 2 saturated heterocycles. The Labute approximate surface area is 140 Å². The summed E-state index contributed by atoms with van der Waals surface area (Å²) in [6.45, 7) is 11.8. The van der Waals surface area contributed by atoms with E-state index in [0.717, 1.165) is 12.8 Å². The van der Waals surface area contributed by atoms with Crippen LogP contribution in [0.4, 0.5) is 0 Å². The summed E-state index contributed by atoms with van der Waals surface area (Å²) < 4.78 is 24.0. The van der Waals surface area contributed by atoms with Crippen molar-refractivity contribution in [2.24, 2.45) is 27.7 Å². The van der Waals surface area contributed by atoms with Crippen LogP contribution in [0, 0.1) is 16.2 Å². The van der Waals surface area contributed by atoms with E-state index in [9.17, 15) is 0 Å². The average Bonchev–Trinajstić information content (AvgIpc) is 2.61. The van der Waals surface area contributed by atoms with Crippen LogP contribution in [-0.2, 0) is 18.9 Å². The molecular weight excluding hydrogens is 296 g/mol. The van der Waals surface area contributed by atoms with Crippen molar-refractivity contribution in [3.05, 3.63) is 0 Å². The molecule has 0 bridgehead atoms. The van der Waals surface area contributed by atoms with Gasteiger partial charge in [-0.25, -0.2) is 0 Å². The summed E-state index contributed by atoms with van der Waals surface area (Å²) >= 11 is 0. The molecule has 1 spiro atoms. The van der Waals surface area contributed by atoms with E-state index >= 15 is 0 Å². The van der Waals surface area contributed by atoms with Crippen molar-refractivity contribution < 1.29 is 18.9 Å². The van der Waals surface area contributed by atoms with Gasteiger partial charge < -0.3 is 30.4 Å². The molecule has 4 N–H and O–H groups in total. The molecular formula is C17H34N2O4. The molecule has 0 aliphatic carbocycles. The Bertz CT molecular complexity index is 327. The predicted octanol–water partition coefficient (Wildman–Crippen LogP) is 1.47. The van der Waals surface area contributed by atoms with Gasteiger partial charge in [-0.05, 0) is 12.8 Å². The predicted molar refractivity (Wildman–Crippen MR) is 88.7 cm³/mol. The monoisotopic (exact) mass is 330 g/mol. The van der Waals surface area contributed by atoms with E-state index in [0.29, 0.717) is 39.5 Å². The van der Waals surface area contributed by atoms with Crippen LogP contribution in [0.2, 0.25) is 0 Å². The molecule has 2 heterocycles. The van der Waals surface area contributed by atoms with Crippen LogP contribution >= 0.6 is 0 Å². The number of nitrogens with two attached hydrogens (primary N) is 2. The molecule has 0 aromatic carbocycles. The molecule has 136 valence electrons. The molecule has 2 fully saturated rings. The molecule has 0 aromatic rings. The Morgan fingerprint density at radius 1 is 0.783 bits per heavy atom. The summed E-state index contributed by atoms with van der Waals surface area (Å²) in [5.74, 6) is 0. The van der Waals surface area contributed by atoms with Gasteiger partial charge in [0.2, 0.25) is 0 Å². The lowest BCUT2D eigenvalue weighted by atomic mass is 9.83. The molecule has 2 rings (SSSR count). The van der Waals surface area contributed by atoms with Crippen LogP contribution < -0.4 is 11.5 Å². The lowest BCUT2D eigenvalue weighted by molar-refractivity contribution is -0.335.